The van der Waals surface area contributed by atoms with E-state index < -0.39 is 11.9 Å². The van der Waals surface area contributed by atoms with Gasteiger partial charge in [-0.1, -0.05) is 30.3 Å². The lowest BCUT2D eigenvalue weighted by atomic mass is 10.1. The first kappa shape index (κ1) is 17.0. The minimum absolute atomic E-state index is 0.0226. The van der Waals surface area contributed by atoms with Gasteiger partial charge in [0, 0.05) is 19.7 Å². The van der Waals surface area contributed by atoms with Crippen molar-refractivity contribution in [3.63, 3.8) is 0 Å². The zero-order chi connectivity index (χ0) is 18.8. The largest absolute Gasteiger partial charge is 0.337 e. The Morgan fingerprint density at radius 1 is 1.33 bits per heavy atom. The zero-order valence-electron chi connectivity index (χ0n) is 14.8. The maximum Gasteiger partial charge on any atom is 0.291 e. The molecule has 0 saturated heterocycles. The number of aromatic nitrogens is 5. The van der Waals surface area contributed by atoms with Gasteiger partial charge in [0.1, 0.15) is 11.9 Å². The Balaban J connectivity index is 1.40. The van der Waals surface area contributed by atoms with E-state index in [0.717, 1.165) is 11.3 Å². The van der Waals surface area contributed by atoms with Gasteiger partial charge in [0.15, 0.2) is 0 Å². The van der Waals surface area contributed by atoms with E-state index in [1.807, 2.05) is 30.3 Å². The molecular formula is C18H19N7O2. The van der Waals surface area contributed by atoms with Gasteiger partial charge in [0.2, 0.25) is 11.7 Å². The van der Waals surface area contributed by atoms with Crippen molar-refractivity contribution in [3.05, 3.63) is 59.4 Å². The lowest BCUT2D eigenvalue weighted by Gasteiger charge is -2.13. The summed E-state index contributed by atoms with van der Waals surface area (Å²) in [4.78, 5) is 29.1. The molecule has 2 amide bonds. The van der Waals surface area contributed by atoms with Crippen LogP contribution in [0, 0.1) is 0 Å². The molecule has 0 saturated carbocycles. The molecule has 2 aromatic heterocycles. The van der Waals surface area contributed by atoms with E-state index in [0.29, 0.717) is 30.8 Å². The van der Waals surface area contributed by atoms with E-state index >= 15 is 0 Å². The van der Waals surface area contributed by atoms with E-state index in [9.17, 15) is 9.59 Å². The molecule has 0 unspecified atom stereocenters. The number of aryl methyl sites for hydroxylation is 2. The van der Waals surface area contributed by atoms with Crippen molar-refractivity contribution in [2.24, 2.45) is 7.05 Å². The van der Waals surface area contributed by atoms with Crippen molar-refractivity contribution in [3.8, 4) is 0 Å². The minimum Gasteiger partial charge on any atom is -0.337 e. The number of fused-ring (bicyclic) bond motifs is 1. The number of nitrogens with zero attached hydrogens (tertiary/aromatic N) is 4. The predicted molar refractivity (Wildman–Crippen MR) is 97.0 cm³/mol. The molecule has 3 heterocycles. The van der Waals surface area contributed by atoms with Gasteiger partial charge in [-0.05, 0) is 18.4 Å². The van der Waals surface area contributed by atoms with Crippen LogP contribution in [0.5, 0.6) is 0 Å². The molecule has 0 radical (unpaired) electrons. The molecule has 1 aliphatic rings. The first-order valence-corrected chi connectivity index (χ1v) is 8.68. The van der Waals surface area contributed by atoms with Crippen molar-refractivity contribution >= 4 is 17.5 Å². The van der Waals surface area contributed by atoms with Crippen LogP contribution in [0.2, 0.25) is 0 Å². The summed E-state index contributed by atoms with van der Waals surface area (Å²) < 4.78 is 1.66. The molecule has 0 bridgehead atoms. The summed E-state index contributed by atoms with van der Waals surface area (Å²) in [6.45, 7) is 0. The van der Waals surface area contributed by atoms with Gasteiger partial charge in [-0.3, -0.25) is 19.4 Å². The van der Waals surface area contributed by atoms with Crippen LogP contribution in [-0.2, 0) is 24.7 Å². The van der Waals surface area contributed by atoms with Gasteiger partial charge in [0.05, 0.1) is 11.4 Å². The summed E-state index contributed by atoms with van der Waals surface area (Å²) in [5.41, 5.74) is 2.56. The number of benzene rings is 1. The summed E-state index contributed by atoms with van der Waals surface area (Å²) in [7, 11) is 1.80. The lowest BCUT2D eigenvalue weighted by molar-refractivity contribution is -0.118. The van der Waals surface area contributed by atoms with Crippen LogP contribution in [0.15, 0.2) is 36.5 Å². The van der Waals surface area contributed by atoms with E-state index in [2.05, 4.69) is 30.9 Å². The van der Waals surface area contributed by atoms with Crippen LogP contribution >= 0.6 is 0 Å². The highest BCUT2D eigenvalue weighted by Gasteiger charge is 2.28. The molecule has 9 nitrogen and oxygen atoms in total. The fraction of sp³-hybridized carbons (Fsp3) is 0.278. The number of amides is 2. The first-order valence-electron chi connectivity index (χ1n) is 8.68. The highest BCUT2D eigenvalue weighted by molar-refractivity contribution is 6.00. The second-order valence-electron chi connectivity index (χ2n) is 6.49. The molecule has 3 N–H and O–H groups in total. The summed E-state index contributed by atoms with van der Waals surface area (Å²) >= 11 is 0. The maximum absolute atomic E-state index is 12.4. The monoisotopic (exact) mass is 365 g/mol. The average Bonchev–Trinajstić information content (AvgIpc) is 3.22. The molecule has 1 aliphatic heterocycles. The minimum atomic E-state index is -0.659. The van der Waals surface area contributed by atoms with E-state index in [1.165, 1.54) is 0 Å². The standard InChI is InChI=1S/C18H19N7O2/c1-25-10-14-12(24-25)7-8-13(17(26)20-14)19-18(27)16-21-15(22-23-16)9-11-5-3-2-4-6-11/h2-6,10,13H,7-9H2,1H3,(H,19,27)(H,20,26)(H,21,22,23)/t13-/m0/s1. The molecule has 9 heteroatoms. The molecule has 0 spiro atoms. The van der Waals surface area contributed by atoms with Gasteiger partial charge in [-0.15, -0.1) is 5.10 Å². The van der Waals surface area contributed by atoms with Gasteiger partial charge in [-0.25, -0.2) is 4.98 Å². The number of hydrogen-bond acceptors (Lipinski definition) is 5. The number of hydrogen-bond donors (Lipinski definition) is 3. The Labute approximate surface area is 155 Å². The number of rotatable bonds is 4. The molecule has 0 fully saturated rings. The topological polar surface area (TPSA) is 118 Å². The van der Waals surface area contributed by atoms with E-state index in [1.54, 1.807) is 17.9 Å². The Morgan fingerprint density at radius 3 is 2.96 bits per heavy atom. The average molecular weight is 365 g/mol. The summed E-state index contributed by atoms with van der Waals surface area (Å²) in [6, 6.07) is 9.11. The lowest BCUT2D eigenvalue weighted by Crippen LogP contribution is -2.43. The van der Waals surface area contributed by atoms with Crippen LogP contribution in [-0.4, -0.2) is 42.8 Å². The van der Waals surface area contributed by atoms with Crippen molar-refractivity contribution < 1.29 is 9.59 Å². The van der Waals surface area contributed by atoms with Gasteiger partial charge >= 0.3 is 0 Å². The molecule has 1 atom stereocenters. The van der Waals surface area contributed by atoms with Crippen LogP contribution in [0.1, 0.15) is 34.1 Å². The fourth-order valence-corrected chi connectivity index (χ4v) is 3.08. The predicted octanol–water partition coefficient (Wildman–Crippen LogP) is 0.812. The summed E-state index contributed by atoms with van der Waals surface area (Å²) in [5.74, 6) is -0.135. The Bertz CT molecular complexity index is 977. The maximum atomic E-state index is 12.4. The third-order valence-corrected chi connectivity index (χ3v) is 4.40. The third-order valence-electron chi connectivity index (χ3n) is 4.40. The van der Waals surface area contributed by atoms with Crippen LogP contribution in [0.25, 0.3) is 0 Å². The van der Waals surface area contributed by atoms with E-state index in [4.69, 9.17) is 0 Å². The van der Waals surface area contributed by atoms with Crippen molar-refractivity contribution in [2.45, 2.75) is 25.3 Å². The van der Waals surface area contributed by atoms with Crippen molar-refractivity contribution in [1.29, 1.82) is 0 Å². The fourth-order valence-electron chi connectivity index (χ4n) is 3.08. The number of carbonyl (C=O) groups excluding carboxylic acids is 2. The normalized spacial score (nSPS) is 16.3. The van der Waals surface area contributed by atoms with E-state index in [-0.39, 0.29) is 11.7 Å². The molecule has 0 aliphatic carbocycles. The quantitative estimate of drug-likeness (QED) is 0.632. The van der Waals surface area contributed by atoms with Crippen molar-refractivity contribution in [1.82, 2.24) is 30.3 Å². The number of aromatic amines is 1. The van der Waals surface area contributed by atoms with Crippen LogP contribution in [0.3, 0.4) is 0 Å². The Hall–Kier alpha value is -3.49. The Morgan fingerprint density at radius 2 is 2.15 bits per heavy atom. The SMILES string of the molecule is Cn1cc2c(n1)CC[C@H](NC(=O)c1n[nH]c(Cc3ccccc3)n1)C(=O)N2. The molecule has 4 rings (SSSR count). The second-order valence-corrected chi connectivity index (χ2v) is 6.49. The molecule has 3 aromatic rings. The highest BCUT2D eigenvalue weighted by Crippen LogP contribution is 2.20. The number of nitrogens with one attached hydrogen (secondary N) is 3. The number of carbonyl (C=O) groups is 2. The highest BCUT2D eigenvalue weighted by atomic mass is 16.2. The molecule has 1 aromatic carbocycles. The van der Waals surface area contributed by atoms with Crippen LogP contribution in [0.4, 0.5) is 5.69 Å². The first-order chi connectivity index (χ1) is 13.1. The zero-order valence-corrected chi connectivity index (χ0v) is 14.8. The molecule has 27 heavy (non-hydrogen) atoms. The summed E-state index contributed by atoms with van der Waals surface area (Å²) in [6.07, 6.45) is 3.35. The van der Waals surface area contributed by atoms with Crippen molar-refractivity contribution in [2.75, 3.05) is 5.32 Å². The van der Waals surface area contributed by atoms with Crippen LogP contribution < -0.4 is 10.6 Å². The van der Waals surface area contributed by atoms with Gasteiger partial charge < -0.3 is 10.6 Å². The molecular weight excluding hydrogens is 346 g/mol. The third kappa shape index (κ3) is 3.71. The molecule has 138 valence electrons. The number of anilines is 1. The smallest absolute Gasteiger partial charge is 0.291 e. The van der Waals surface area contributed by atoms with Gasteiger partial charge in [-0.2, -0.15) is 5.10 Å². The second kappa shape index (κ2) is 7.02. The number of H-pyrrole nitrogens is 1. The summed E-state index contributed by atoms with van der Waals surface area (Å²) in [5, 5.41) is 16.6. The van der Waals surface area contributed by atoms with Gasteiger partial charge in [0.25, 0.3) is 5.91 Å². The Kier molecular flexibility index (Phi) is 4.41.